The van der Waals surface area contributed by atoms with Crippen LogP contribution in [0, 0.1) is 17.7 Å². The third kappa shape index (κ3) is 5.72. The first-order valence-electron chi connectivity index (χ1n) is 10.8. The smallest absolute Gasteiger partial charge is 0.382 e. The zero-order valence-corrected chi connectivity index (χ0v) is 19.8. The maximum absolute atomic E-state index is 14.3. The van der Waals surface area contributed by atoms with E-state index in [9.17, 15) is 9.18 Å². The highest BCUT2D eigenvalue weighted by Gasteiger charge is 2.15. The third-order valence-corrected chi connectivity index (χ3v) is 6.53. The summed E-state index contributed by atoms with van der Waals surface area (Å²) in [6.45, 7) is 1.30. The van der Waals surface area contributed by atoms with E-state index in [1.165, 1.54) is 23.0 Å². The van der Waals surface area contributed by atoms with Gasteiger partial charge in [-0.05, 0) is 53.9 Å². The first kappa shape index (κ1) is 23.3. The molecule has 0 bridgehead atoms. The lowest BCUT2D eigenvalue weighted by Crippen LogP contribution is -2.25. The molecule has 4 aromatic rings. The molecule has 34 heavy (non-hydrogen) atoms. The first-order valence-corrected chi connectivity index (χ1v) is 11.6. The van der Waals surface area contributed by atoms with E-state index in [1.54, 1.807) is 18.2 Å². The number of carboxylic acid groups (broad SMARTS) is 1. The van der Waals surface area contributed by atoms with Crippen LogP contribution in [-0.2, 0) is 17.8 Å². The van der Waals surface area contributed by atoms with E-state index in [1.807, 2.05) is 32.3 Å². The number of hydrogen-bond donors (Lipinski definition) is 1. The molecule has 0 spiro atoms. The van der Waals surface area contributed by atoms with Crippen LogP contribution >= 0.6 is 11.3 Å². The van der Waals surface area contributed by atoms with Gasteiger partial charge in [0.05, 0.1) is 10.2 Å². The van der Waals surface area contributed by atoms with E-state index in [0.29, 0.717) is 28.9 Å². The molecule has 0 saturated heterocycles. The molecular weight excluding hydrogens is 449 g/mol. The van der Waals surface area contributed by atoms with Gasteiger partial charge in [0.1, 0.15) is 5.82 Å². The van der Waals surface area contributed by atoms with Gasteiger partial charge in [0, 0.05) is 44.4 Å². The van der Waals surface area contributed by atoms with E-state index in [2.05, 4.69) is 45.9 Å². The van der Waals surface area contributed by atoms with Crippen molar-refractivity contribution in [2.75, 3.05) is 30.4 Å². The second-order valence-corrected chi connectivity index (χ2v) is 9.05. The topological polar surface area (TPSA) is 56.7 Å². The van der Waals surface area contributed by atoms with Crippen molar-refractivity contribution >= 4 is 38.3 Å². The molecule has 0 amide bonds. The Kier molecular flexibility index (Phi) is 7.09. The van der Waals surface area contributed by atoms with Crippen LogP contribution in [0.15, 0.2) is 66.7 Å². The van der Waals surface area contributed by atoms with Gasteiger partial charge in [-0.2, -0.15) is 0 Å². The quantitative estimate of drug-likeness (QED) is 0.375. The van der Waals surface area contributed by atoms with Crippen molar-refractivity contribution in [3.05, 3.63) is 89.2 Å². The van der Waals surface area contributed by atoms with Crippen molar-refractivity contribution in [1.82, 2.24) is 4.98 Å². The number of hydrogen-bond acceptors (Lipinski definition) is 5. The fourth-order valence-corrected chi connectivity index (χ4v) is 4.54. The Bertz CT molecular complexity index is 1350. The zero-order valence-electron chi connectivity index (χ0n) is 19.0. The van der Waals surface area contributed by atoms with Crippen LogP contribution in [-0.4, -0.2) is 36.7 Å². The number of nitrogens with zero attached hydrogens (tertiary/aromatic N) is 3. The lowest BCUT2D eigenvalue weighted by Gasteiger charge is -2.22. The second-order valence-electron chi connectivity index (χ2n) is 8.07. The van der Waals surface area contributed by atoms with Gasteiger partial charge in [0.25, 0.3) is 0 Å². The molecule has 3 aromatic carbocycles. The predicted octanol–water partition coefficient (Wildman–Crippen LogP) is 5.19. The van der Waals surface area contributed by atoms with Crippen LogP contribution in [0.2, 0.25) is 0 Å². The van der Waals surface area contributed by atoms with E-state index in [0.717, 1.165) is 22.8 Å². The van der Waals surface area contributed by atoms with Crippen LogP contribution in [0.4, 0.5) is 15.2 Å². The van der Waals surface area contributed by atoms with Gasteiger partial charge < -0.3 is 14.9 Å². The summed E-state index contributed by atoms with van der Waals surface area (Å²) >= 11 is 1.35. The molecule has 4 rings (SSSR count). The Labute approximate surface area is 202 Å². The molecule has 0 fully saturated rings. The minimum Gasteiger partial charge on any atom is -0.472 e. The number of aromatic nitrogens is 1. The SMILES string of the molecule is CN(C)c1ccc(CCN(Cc2ccc(C#CC(=O)O)cc2)c2nc3cccc(F)c3s2)cc1. The van der Waals surface area contributed by atoms with Crippen LogP contribution in [0.1, 0.15) is 16.7 Å². The summed E-state index contributed by atoms with van der Waals surface area (Å²) in [4.78, 5) is 19.6. The Morgan fingerprint density at radius 1 is 1.03 bits per heavy atom. The number of rotatable bonds is 7. The molecule has 0 unspecified atom stereocenters. The molecule has 0 radical (unpaired) electrons. The summed E-state index contributed by atoms with van der Waals surface area (Å²) in [6, 6.07) is 20.9. The van der Waals surface area contributed by atoms with Crippen LogP contribution < -0.4 is 9.80 Å². The van der Waals surface area contributed by atoms with E-state index >= 15 is 0 Å². The summed E-state index contributed by atoms with van der Waals surface area (Å²) in [5, 5.41) is 9.50. The first-order chi connectivity index (χ1) is 16.4. The number of fused-ring (bicyclic) bond motifs is 1. The summed E-state index contributed by atoms with van der Waals surface area (Å²) in [5.41, 5.74) is 4.68. The summed E-state index contributed by atoms with van der Waals surface area (Å²) < 4.78 is 14.9. The average Bonchev–Trinajstić information content (AvgIpc) is 3.27. The molecule has 1 aromatic heterocycles. The molecule has 0 saturated carbocycles. The van der Waals surface area contributed by atoms with E-state index in [4.69, 9.17) is 10.1 Å². The molecular formula is C27H24FN3O2S. The van der Waals surface area contributed by atoms with Crippen molar-refractivity contribution in [2.24, 2.45) is 0 Å². The van der Waals surface area contributed by atoms with Crippen molar-refractivity contribution in [3.8, 4) is 11.8 Å². The van der Waals surface area contributed by atoms with Gasteiger partial charge in [-0.15, -0.1) is 0 Å². The largest absolute Gasteiger partial charge is 0.472 e. The number of carboxylic acids is 1. The minimum absolute atomic E-state index is 0.262. The monoisotopic (exact) mass is 473 g/mol. The molecule has 0 aliphatic carbocycles. The Hall–Kier alpha value is -3.89. The standard InChI is InChI=1S/C27H24FN3O2S/c1-30(2)22-13-10-20(11-14-22)16-17-31(27-29-24-5-3-4-23(28)26(24)34-27)18-21-8-6-19(7-9-21)12-15-25(32)33/h3-11,13-14H,16-18H2,1-2H3,(H,32,33). The molecule has 0 aliphatic rings. The van der Waals surface area contributed by atoms with Gasteiger partial charge >= 0.3 is 5.97 Å². The number of anilines is 2. The number of aliphatic carboxylic acids is 1. The minimum atomic E-state index is -1.16. The highest BCUT2D eigenvalue weighted by molar-refractivity contribution is 7.22. The van der Waals surface area contributed by atoms with Gasteiger partial charge in [-0.3, -0.25) is 0 Å². The third-order valence-electron chi connectivity index (χ3n) is 5.39. The highest BCUT2D eigenvalue weighted by Crippen LogP contribution is 2.31. The van der Waals surface area contributed by atoms with Crippen LogP contribution in [0.3, 0.4) is 0 Å². The Morgan fingerprint density at radius 2 is 1.74 bits per heavy atom. The lowest BCUT2D eigenvalue weighted by atomic mass is 10.1. The highest BCUT2D eigenvalue weighted by atomic mass is 32.1. The summed E-state index contributed by atoms with van der Waals surface area (Å²) in [6.07, 6.45) is 0.814. The fraction of sp³-hybridized carbons (Fsp3) is 0.185. The van der Waals surface area contributed by atoms with Crippen molar-refractivity contribution < 1.29 is 14.3 Å². The Morgan fingerprint density at radius 3 is 2.38 bits per heavy atom. The maximum atomic E-state index is 14.3. The zero-order chi connectivity index (χ0) is 24.1. The molecule has 7 heteroatoms. The van der Waals surface area contributed by atoms with Crippen LogP contribution in [0.5, 0.6) is 0 Å². The maximum Gasteiger partial charge on any atom is 0.382 e. The summed E-state index contributed by atoms with van der Waals surface area (Å²) in [5.74, 6) is 3.33. The second kappa shape index (κ2) is 10.4. The number of benzene rings is 3. The van der Waals surface area contributed by atoms with Crippen LogP contribution in [0.25, 0.3) is 10.2 Å². The van der Waals surface area contributed by atoms with Gasteiger partial charge in [-0.25, -0.2) is 14.2 Å². The van der Waals surface area contributed by atoms with Gasteiger partial charge in [0.15, 0.2) is 5.13 Å². The van der Waals surface area contributed by atoms with E-state index in [-0.39, 0.29) is 5.82 Å². The van der Waals surface area contributed by atoms with Gasteiger partial charge in [0.2, 0.25) is 0 Å². The lowest BCUT2D eigenvalue weighted by molar-refractivity contribution is -0.130. The predicted molar refractivity (Wildman–Crippen MR) is 136 cm³/mol. The van der Waals surface area contributed by atoms with Crippen molar-refractivity contribution in [3.63, 3.8) is 0 Å². The van der Waals surface area contributed by atoms with E-state index < -0.39 is 5.97 Å². The van der Waals surface area contributed by atoms with Crippen molar-refractivity contribution in [2.45, 2.75) is 13.0 Å². The molecule has 1 heterocycles. The molecule has 0 atom stereocenters. The normalized spacial score (nSPS) is 10.6. The number of thiazole rings is 1. The number of carbonyl (C=O) groups is 1. The molecule has 0 aliphatic heterocycles. The molecule has 1 N–H and O–H groups in total. The molecule has 5 nitrogen and oxygen atoms in total. The van der Waals surface area contributed by atoms with Gasteiger partial charge in [-0.1, -0.05) is 47.6 Å². The fourth-order valence-electron chi connectivity index (χ4n) is 3.55. The molecule has 172 valence electrons. The van der Waals surface area contributed by atoms with Crippen molar-refractivity contribution in [1.29, 1.82) is 0 Å². The average molecular weight is 474 g/mol. The number of halogens is 1. The summed E-state index contributed by atoms with van der Waals surface area (Å²) in [7, 11) is 4.03. The Balaban J connectivity index is 1.57.